The number of aryl methyl sites for hydroxylation is 2. The highest BCUT2D eigenvalue weighted by molar-refractivity contribution is 5.94. The summed E-state index contributed by atoms with van der Waals surface area (Å²) < 4.78 is 0. The van der Waals surface area contributed by atoms with Gasteiger partial charge >= 0.3 is 0 Å². The number of rotatable bonds is 8. The van der Waals surface area contributed by atoms with E-state index >= 15 is 0 Å². The van der Waals surface area contributed by atoms with Gasteiger partial charge in [-0.15, -0.1) is 10.2 Å². The Morgan fingerprint density at radius 1 is 1.05 bits per heavy atom. The number of likely N-dealkylation sites (tertiary alicyclic amines) is 1. The van der Waals surface area contributed by atoms with Crippen molar-refractivity contribution in [3.8, 4) is 6.07 Å². The number of benzene rings is 2. The lowest BCUT2D eigenvalue weighted by molar-refractivity contribution is -0.131. The average molecular weight is 539 g/mol. The van der Waals surface area contributed by atoms with Gasteiger partial charge in [0.15, 0.2) is 0 Å². The van der Waals surface area contributed by atoms with E-state index in [1.54, 1.807) is 17.0 Å². The molecule has 2 heterocycles. The Morgan fingerprint density at radius 3 is 2.25 bits per heavy atom. The highest BCUT2D eigenvalue weighted by atomic mass is 16.2. The number of fused-ring (bicyclic) bond motifs is 3. The highest BCUT2D eigenvalue weighted by Gasteiger charge is 2.54. The zero-order valence-electron chi connectivity index (χ0n) is 21.9. The molecule has 1 aliphatic heterocycles. The maximum absolute atomic E-state index is 13.1. The van der Waals surface area contributed by atoms with Crippen LogP contribution in [0.1, 0.15) is 68.1 Å². The maximum Gasteiger partial charge on any atom is 0.248 e. The van der Waals surface area contributed by atoms with Crippen LogP contribution in [0.4, 0.5) is 0 Å². The minimum Gasteiger partial charge on any atom is -0.366 e. The zero-order valence-corrected chi connectivity index (χ0v) is 21.9. The van der Waals surface area contributed by atoms with E-state index in [0.29, 0.717) is 48.7 Å². The number of nitrogens with two attached hydrogens (primary N) is 2. The molecule has 1 saturated carbocycles. The molecule has 0 radical (unpaired) electrons. The quantitative estimate of drug-likeness (QED) is 0.307. The van der Waals surface area contributed by atoms with E-state index < -0.39 is 17.2 Å². The van der Waals surface area contributed by atoms with Crippen molar-refractivity contribution >= 4 is 17.7 Å². The van der Waals surface area contributed by atoms with Gasteiger partial charge in [0.1, 0.15) is 18.2 Å². The SMILES string of the molecule is N#CC1C[C@@H]2C[C@@H]2N1C(=O)CNCCC1(c2nnc[nH]2)c2ccc(C(N)=O)cc2CCc2cc(C(N)=O)ccc21. The normalized spacial score (nSPS) is 21.9. The Labute approximate surface area is 230 Å². The Morgan fingerprint density at radius 2 is 1.70 bits per heavy atom. The van der Waals surface area contributed by atoms with Crippen LogP contribution in [0.15, 0.2) is 42.7 Å². The molecule has 3 atom stereocenters. The smallest absolute Gasteiger partial charge is 0.248 e. The number of nitrogens with zero attached hydrogens (tertiary/aromatic N) is 4. The predicted octanol–water partition coefficient (Wildman–Crippen LogP) is 0.928. The Kier molecular flexibility index (Phi) is 6.35. The molecule has 0 spiro atoms. The Hall–Kier alpha value is -4.56. The fourth-order valence-corrected chi connectivity index (χ4v) is 6.70. The third kappa shape index (κ3) is 4.21. The minimum absolute atomic E-state index is 0.0656. The van der Waals surface area contributed by atoms with E-state index in [0.717, 1.165) is 35.1 Å². The molecule has 3 aromatic rings. The van der Waals surface area contributed by atoms with E-state index in [9.17, 15) is 19.6 Å². The van der Waals surface area contributed by atoms with Crippen molar-refractivity contribution in [2.24, 2.45) is 17.4 Å². The van der Waals surface area contributed by atoms with Crippen molar-refractivity contribution in [1.82, 2.24) is 25.4 Å². The maximum atomic E-state index is 13.1. The van der Waals surface area contributed by atoms with Gasteiger partial charge in [0.2, 0.25) is 17.7 Å². The first-order valence-electron chi connectivity index (χ1n) is 13.5. The summed E-state index contributed by atoms with van der Waals surface area (Å²) in [6.45, 7) is 0.564. The van der Waals surface area contributed by atoms with Gasteiger partial charge in [-0.2, -0.15) is 5.26 Å². The van der Waals surface area contributed by atoms with E-state index in [1.807, 2.05) is 24.3 Å². The van der Waals surface area contributed by atoms with Gasteiger partial charge in [0, 0.05) is 17.2 Å². The fraction of sp³-hybridized carbons (Fsp3) is 0.379. The molecule has 3 amide bonds. The van der Waals surface area contributed by atoms with Crippen LogP contribution in [0.3, 0.4) is 0 Å². The van der Waals surface area contributed by atoms with Crippen LogP contribution in [-0.4, -0.2) is 63.0 Å². The predicted molar refractivity (Wildman–Crippen MR) is 144 cm³/mol. The number of carbonyl (C=O) groups excluding carboxylic acids is 3. The summed E-state index contributed by atoms with van der Waals surface area (Å²) in [4.78, 5) is 42.1. The first-order chi connectivity index (χ1) is 19.3. The summed E-state index contributed by atoms with van der Waals surface area (Å²) in [5.74, 6) is -0.0290. The van der Waals surface area contributed by atoms with Crippen molar-refractivity contribution in [3.63, 3.8) is 0 Å². The first-order valence-corrected chi connectivity index (χ1v) is 13.5. The van der Waals surface area contributed by atoms with Crippen LogP contribution in [0.5, 0.6) is 0 Å². The number of piperidine rings is 1. The van der Waals surface area contributed by atoms with Crippen molar-refractivity contribution in [2.75, 3.05) is 13.1 Å². The van der Waals surface area contributed by atoms with E-state index in [2.05, 4.69) is 26.6 Å². The van der Waals surface area contributed by atoms with Crippen LogP contribution in [0.2, 0.25) is 0 Å². The second-order valence-electron chi connectivity index (χ2n) is 10.9. The molecule has 1 saturated heterocycles. The number of amides is 3. The van der Waals surface area contributed by atoms with E-state index in [-0.39, 0.29) is 24.5 Å². The third-order valence-corrected chi connectivity index (χ3v) is 8.68. The Bertz CT molecular complexity index is 1480. The molecule has 6 N–H and O–H groups in total. The van der Waals surface area contributed by atoms with Crippen LogP contribution >= 0.6 is 0 Å². The highest BCUT2D eigenvalue weighted by Crippen LogP contribution is 2.48. The molecule has 2 aromatic carbocycles. The van der Waals surface area contributed by atoms with E-state index in [1.165, 1.54) is 6.33 Å². The zero-order chi connectivity index (χ0) is 28.0. The summed E-state index contributed by atoms with van der Waals surface area (Å²) >= 11 is 0. The molecule has 40 heavy (non-hydrogen) atoms. The summed E-state index contributed by atoms with van der Waals surface area (Å²) in [6, 6.07) is 13.0. The monoisotopic (exact) mass is 538 g/mol. The molecular weight excluding hydrogens is 508 g/mol. The summed E-state index contributed by atoms with van der Waals surface area (Å²) in [6.07, 6.45) is 4.98. The summed E-state index contributed by atoms with van der Waals surface area (Å²) in [5, 5.41) is 21.3. The molecule has 6 rings (SSSR count). The van der Waals surface area contributed by atoms with Crippen molar-refractivity contribution in [2.45, 2.75) is 49.6 Å². The minimum atomic E-state index is -0.829. The number of hydrogen-bond acceptors (Lipinski definition) is 7. The summed E-state index contributed by atoms with van der Waals surface area (Å²) in [5.41, 5.74) is 15.0. The number of nitriles is 1. The average Bonchev–Trinajstić information content (AvgIpc) is 3.34. The number of hydrogen-bond donors (Lipinski definition) is 4. The van der Waals surface area contributed by atoms with Gasteiger partial charge in [0.05, 0.1) is 18.0 Å². The topological polar surface area (TPSA) is 184 Å². The lowest BCUT2D eigenvalue weighted by atomic mass is 9.69. The lowest BCUT2D eigenvalue weighted by Gasteiger charge is -2.35. The van der Waals surface area contributed by atoms with Gasteiger partial charge in [-0.05, 0) is 91.1 Å². The molecule has 0 bridgehead atoms. The second-order valence-corrected chi connectivity index (χ2v) is 10.9. The van der Waals surface area contributed by atoms with Crippen LogP contribution < -0.4 is 16.8 Å². The van der Waals surface area contributed by atoms with Gasteiger partial charge in [0.25, 0.3) is 0 Å². The molecule has 11 nitrogen and oxygen atoms in total. The molecule has 204 valence electrons. The van der Waals surface area contributed by atoms with Crippen LogP contribution in [-0.2, 0) is 23.1 Å². The van der Waals surface area contributed by atoms with Crippen LogP contribution in [0, 0.1) is 17.2 Å². The van der Waals surface area contributed by atoms with E-state index in [4.69, 9.17) is 11.5 Å². The van der Waals surface area contributed by atoms with Crippen molar-refractivity contribution in [3.05, 3.63) is 81.9 Å². The number of primary amides is 2. The second kappa shape index (κ2) is 9.88. The standard InChI is InChI=1S/C29H30N8O3/c30-13-21-11-20-12-24(20)37(21)25(38)14-33-8-7-29(28-34-15-35-36-28)22-5-3-18(26(31)39)9-16(22)1-2-17-10-19(27(32)40)4-6-23(17)29/h3-6,9-10,15,20-21,24,33H,1-2,7-8,11-12,14H2,(H2,31,39)(H2,32,40)(H,34,35,36)/t20-,21?,24+/m1/s1. The summed E-state index contributed by atoms with van der Waals surface area (Å²) in [7, 11) is 0. The third-order valence-electron chi connectivity index (χ3n) is 8.68. The van der Waals surface area contributed by atoms with Crippen LogP contribution in [0.25, 0.3) is 0 Å². The van der Waals surface area contributed by atoms with Gasteiger partial charge in [-0.1, -0.05) is 12.1 Å². The molecule has 2 fully saturated rings. The number of aromatic nitrogens is 3. The van der Waals surface area contributed by atoms with Crippen molar-refractivity contribution in [1.29, 1.82) is 5.26 Å². The number of H-pyrrole nitrogens is 1. The Balaban J connectivity index is 1.37. The molecule has 3 aliphatic rings. The van der Waals surface area contributed by atoms with Gasteiger partial charge < -0.3 is 26.7 Å². The van der Waals surface area contributed by atoms with Crippen molar-refractivity contribution < 1.29 is 14.4 Å². The fourth-order valence-electron chi connectivity index (χ4n) is 6.70. The molecule has 1 aromatic heterocycles. The largest absolute Gasteiger partial charge is 0.366 e. The molecule has 11 heteroatoms. The first kappa shape index (κ1) is 25.7. The molecule has 1 unspecified atom stereocenters. The van der Waals surface area contributed by atoms with Gasteiger partial charge in [-0.3, -0.25) is 14.4 Å². The number of aromatic amines is 1. The number of carbonyl (C=O) groups is 3. The van der Waals surface area contributed by atoms with Gasteiger partial charge in [-0.25, -0.2) is 0 Å². The molecular formula is C29H30N8O3. The lowest BCUT2D eigenvalue weighted by Crippen LogP contribution is -2.44. The molecule has 2 aliphatic carbocycles. The number of nitrogens with one attached hydrogen (secondary N) is 2.